The zero-order valence-corrected chi connectivity index (χ0v) is 10.6. The van der Waals surface area contributed by atoms with E-state index in [0.29, 0.717) is 0 Å². The molecule has 2 aromatic rings. The van der Waals surface area contributed by atoms with Crippen LogP contribution in [0.25, 0.3) is 0 Å². The fraction of sp³-hybridized carbons (Fsp3) is 0.357. The summed E-state index contributed by atoms with van der Waals surface area (Å²) in [5.74, 6) is 0.283. The van der Waals surface area contributed by atoms with E-state index in [1.807, 2.05) is 24.0 Å². The molecule has 3 nitrogen and oxygen atoms in total. The van der Waals surface area contributed by atoms with Crippen molar-refractivity contribution >= 4 is 0 Å². The summed E-state index contributed by atoms with van der Waals surface area (Å²) in [6, 6.07) is 10.3. The second-order valence-electron chi connectivity index (χ2n) is 4.56. The Morgan fingerprint density at radius 2 is 1.88 bits per heavy atom. The Bertz CT molecular complexity index is 468. The maximum atomic E-state index is 6.36. The fourth-order valence-corrected chi connectivity index (χ4v) is 2.24. The minimum absolute atomic E-state index is 0.0232. The second-order valence-corrected chi connectivity index (χ2v) is 4.56. The van der Waals surface area contributed by atoms with Gasteiger partial charge in [0.25, 0.3) is 0 Å². The standard InChI is InChI=1S/C14H19N3/c1-10-9-16-17(3)14(10)13(15)11(2)12-7-5-4-6-8-12/h4-9,11,13H,15H2,1-3H3. The van der Waals surface area contributed by atoms with Crippen LogP contribution in [0.1, 0.15) is 35.7 Å². The molecule has 2 unspecified atom stereocenters. The summed E-state index contributed by atoms with van der Waals surface area (Å²) in [4.78, 5) is 0. The minimum Gasteiger partial charge on any atom is -0.322 e. The van der Waals surface area contributed by atoms with Crippen molar-refractivity contribution in [3.63, 3.8) is 0 Å². The molecule has 17 heavy (non-hydrogen) atoms. The lowest BCUT2D eigenvalue weighted by molar-refractivity contribution is 0.542. The number of aromatic nitrogens is 2. The third-order valence-corrected chi connectivity index (χ3v) is 3.36. The van der Waals surface area contributed by atoms with E-state index in [1.165, 1.54) is 5.56 Å². The predicted molar refractivity (Wildman–Crippen MR) is 69.7 cm³/mol. The first-order valence-electron chi connectivity index (χ1n) is 5.90. The fourth-order valence-electron chi connectivity index (χ4n) is 2.24. The zero-order valence-electron chi connectivity index (χ0n) is 10.6. The first-order chi connectivity index (χ1) is 8.11. The molecule has 0 fully saturated rings. The molecule has 0 radical (unpaired) electrons. The number of hydrogen-bond acceptors (Lipinski definition) is 2. The van der Waals surface area contributed by atoms with Crippen LogP contribution in [-0.2, 0) is 7.05 Å². The maximum Gasteiger partial charge on any atom is 0.0583 e. The third kappa shape index (κ3) is 2.24. The lowest BCUT2D eigenvalue weighted by Gasteiger charge is -2.21. The molecular formula is C14H19N3. The highest BCUT2D eigenvalue weighted by molar-refractivity contribution is 5.27. The van der Waals surface area contributed by atoms with Gasteiger partial charge in [0, 0.05) is 13.0 Å². The molecular weight excluding hydrogens is 210 g/mol. The Balaban J connectivity index is 2.30. The van der Waals surface area contributed by atoms with Crippen molar-refractivity contribution in [1.82, 2.24) is 9.78 Å². The monoisotopic (exact) mass is 229 g/mol. The van der Waals surface area contributed by atoms with E-state index in [0.717, 1.165) is 11.3 Å². The molecule has 2 N–H and O–H groups in total. The van der Waals surface area contributed by atoms with Gasteiger partial charge in [0.05, 0.1) is 17.9 Å². The molecule has 0 bridgehead atoms. The molecule has 90 valence electrons. The first kappa shape index (κ1) is 11.9. The highest BCUT2D eigenvalue weighted by atomic mass is 15.3. The van der Waals surface area contributed by atoms with E-state index in [-0.39, 0.29) is 12.0 Å². The molecule has 0 aliphatic carbocycles. The molecule has 0 amide bonds. The summed E-state index contributed by atoms with van der Waals surface area (Å²) >= 11 is 0. The topological polar surface area (TPSA) is 43.8 Å². The molecule has 3 heteroatoms. The van der Waals surface area contributed by atoms with Crippen LogP contribution in [0.3, 0.4) is 0 Å². The van der Waals surface area contributed by atoms with Crippen molar-refractivity contribution in [3.05, 3.63) is 53.3 Å². The van der Waals surface area contributed by atoms with E-state index in [1.54, 1.807) is 0 Å². The van der Waals surface area contributed by atoms with Gasteiger partial charge in [-0.15, -0.1) is 0 Å². The molecule has 0 saturated carbocycles. The van der Waals surface area contributed by atoms with Crippen LogP contribution in [0.2, 0.25) is 0 Å². The summed E-state index contributed by atoms with van der Waals surface area (Å²) in [5, 5.41) is 4.25. The van der Waals surface area contributed by atoms with Crippen LogP contribution >= 0.6 is 0 Å². The average Bonchev–Trinajstić information content (AvgIpc) is 2.68. The van der Waals surface area contributed by atoms with Crippen LogP contribution in [0.15, 0.2) is 36.5 Å². The van der Waals surface area contributed by atoms with Gasteiger partial charge in [-0.2, -0.15) is 5.10 Å². The largest absolute Gasteiger partial charge is 0.322 e. The van der Waals surface area contributed by atoms with Crippen molar-refractivity contribution in [3.8, 4) is 0 Å². The summed E-state index contributed by atoms with van der Waals surface area (Å²) in [6.45, 7) is 4.21. The van der Waals surface area contributed by atoms with Gasteiger partial charge in [-0.25, -0.2) is 0 Å². The van der Waals surface area contributed by atoms with Gasteiger partial charge in [0.2, 0.25) is 0 Å². The van der Waals surface area contributed by atoms with Gasteiger partial charge >= 0.3 is 0 Å². The van der Waals surface area contributed by atoms with Gasteiger partial charge in [-0.05, 0) is 18.1 Å². The second kappa shape index (κ2) is 4.72. The molecule has 2 atom stereocenters. The highest BCUT2D eigenvalue weighted by Crippen LogP contribution is 2.29. The molecule has 0 spiro atoms. The maximum absolute atomic E-state index is 6.36. The average molecular weight is 229 g/mol. The lowest BCUT2D eigenvalue weighted by atomic mass is 9.91. The summed E-state index contributed by atoms with van der Waals surface area (Å²) in [6.07, 6.45) is 1.87. The Hall–Kier alpha value is -1.61. The first-order valence-corrected chi connectivity index (χ1v) is 5.90. The number of hydrogen-bond donors (Lipinski definition) is 1. The normalized spacial score (nSPS) is 14.6. The minimum atomic E-state index is -0.0232. The van der Waals surface area contributed by atoms with Crippen molar-refractivity contribution in [1.29, 1.82) is 0 Å². The van der Waals surface area contributed by atoms with E-state index in [2.05, 4.69) is 43.2 Å². The summed E-state index contributed by atoms with van der Waals surface area (Å²) in [7, 11) is 1.94. The van der Waals surface area contributed by atoms with Crippen molar-refractivity contribution < 1.29 is 0 Å². The van der Waals surface area contributed by atoms with Crippen LogP contribution in [0.5, 0.6) is 0 Å². The van der Waals surface area contributed by atoms with Gasteiger partial charge in [-0.3, -0.25) is 4.68 Å². The van der Waals surface area contributed by atoms with Crippen LogP contribution in [0.4, 0.5) is 0 Å². The smallest absolute Gasteiger partial charge is 0.0583 e. The molecule has 1 aromatic heterocycles. The Morgan fingerprint density at radius 1 is 1.24 bits per heavy atom. The molecule has 1 heterocycles. The van der Waals surface area contributed by atoms with Gasteiger partial charge in [0.1, 0.15) is 0 Å². The van der Waals surface area contributed by atoms with E-state index < -0.39 is 0 Å². The molecule has 0 aliphatic heterocycles. The number of nitrogens with two attached hydrogens (primary N) is 1. The lowest BCUT2D eigenvalue weighted by Crippen LogP contribution is -2.21. The Morgan fingerprint density at radius 3 is 2.41 bits per heavy atom. The van der Waals surface area contributed by atoms with Crippen molar-refractivity contribution in [2.45, 2.75) is 25.8 Å². The van der Waals surface area contributed by atoms with Gasteiger partial charge in [-0.1, -0.05) is 37.3 Å². The van der Waals surface area contributed by atoms with E-state index in [9.17, 15) is 0 Å². The molecule has 2 rings (SSSR count). The molecule has 1 aromatic carbocycles. The van der Waals surface area contributed by atoms with Gasteiger partial charge < -0.3 is 5.73 Å². The Labute approximate surface area is 102 Å². The number of rotatable bonds is 3. The quantitative estimate of drug-likeness (QED) is 0.879. The number of aryl methyl sites for hydroxylation is 2. The summed E-state index contributed by atoms with van der Waals surface area (Å²) < 4.78 is 1.87. The van der Waals surface area contributed by atoms with E-state index >= 15 is 0 Å². The van der Waals surface area contributed by atoms with Crippen LogP contribution in [-0.4, -0.2) is 9.78 Å². The van der Waals surface area contributed by atoms with Crippen LogP contribution in [0, 0.1) is 6.92 Å². The molecule has 0 aliphatic rings. The Kier molecular flexibility index (Phi) is 3.29. The van der Waals surface area contributed by atoms with Gasteiger partial charge in [0.15, 0.2) is 0 Å². The number of benzene rings is 1. The van der Waals surface area contributed by atoms with Crippen molar-refractivity contribution in [2.75, 3.05) is 0 Å². The van der Waals surface area contributed by atoms with E-state index in [4.69, 9.17) is 5.73 Å². The summed E-state index contributed by atoms with van der Waals surface area (Å²) in [5.41, 5.74) is 9.89. The molecule has 0 saturated heterocycles. The predicted octanol–water partition coefficient (Wildman–Crippen LogP) is 2.53. The third-order valence-electron chi connectivity index (χ3n) is 3.36. The highest BCUT2D eigenvalue weighted by Gasteiger charge is 2.21. The number of nitrogens with zero attached hydrogens (tertiary/aromatic N) is 2. The SMILES string of the molecule is Cc1cnn(C)c1C(N)C(C)c1ccccc1. The zero-order chi connectivity index (χ0) is 12.4. The van der Waals surface area contributed by atoms with Crippen LogP contribution < -0.4 is 5.73 Å². The van der Waals surface area contributed by atoms with Crippen molar-refractivity contribution in [2.24, 2.45) is 12.8 Å².